The van der Waals surface area contributed by atoms with Crippen LogP contribution in [0.5, 0.6) is 0 Å². The summed E-state index contributed by atoms with van der Waals surface area (Å²) in [6.07, 6.45) is 1.63. The number of amides is 2. The molecule has 2 amide bonds. The highest BCUT2D eigenvalue weighted by Crippen LogP contribution is 2.42. The van der Waals surface area contributed by atoms with E-state index in [1.807, 2.05) is 24.0 Å². The van der Waals surface area contributed by atoms with Crippen LogP contribution in [-0.4, -0.2) is 30.3 Å². The molecule has 3 aromatic rings. The Morgan fingerprint density at radius 3 is 2.28 bits per heavy atom. The van der Waals surface area contributed by atoms with Gasteiger partial charge in [-0.3, -0.25) is 9.59 Å². The highest BCUT2D eigenvalue weighted by Gasteiger charge is 2.41. The summed E-state index contributed by atoms with van der Waals surface area (Å²) in [6, 6.07) is 16.7. The van der Waals surface area contributed by atoms with E-state index in [0.717, 1.165) is 17.2 Å². The van der Waals surface area contributed by atoms with Gasteiger partial charge < -0.3 is 10.2 Å². The van der Waals surface area contributed by atoms with Crippen molar-refractivity contribution in [2.75, 3.05) is 13.6 Å². The molecule has 2 atom stereocenters. The topological polar surface area (TPSA) is 49.4 Å². The average molecular weight is 495 g/mol. The number of hydrogen-bond acceptors (Lipinski definition) is 2. The third-order valence-electron chi connectivity index (χ3n) is 7.31. The molecule has 0 spiro atoms. The number of likely N-dealkylation sites (tertiary alicyclic amines) is 1. The Labute approximate surface area is 209 Å². The summed E-state index contributed by atoms with van der Waals surface area (Å²) in [7, 11) is 1.58. The lowest BCUT2D eigenvalue weighted by molar-refractivity contribution is -0.139. The van der Waals surface area contributed by atoms with Crippen LogP contribution in [0.3, 0.4) is 0 Å². The molecule has 188 valence electrons. The van der Waals surface area contributed by atoms with Gasteiger partial charge in [-0.2, -0.15) is 0 Å². The van der Waals surface area contributed by atoms with Gasteiger partial charge in [-0.25, -0.2) is 13.2 Å². The van der Waals surface area contributed by atoms with E-state index in [2.05, 4.69) is 5.32 Å². The summed E-state index contributed by atoms with van der Waals surface area (Å²) in [5.41, 5.74) is 2.15. The molecule has 1 fully saturated rings. The molecule has 7 heteroatoms. The molecule has 0 radical (unpaired) electrons. The fraction of sp³-hybridized carbons (Fsp3) is 0.310. The Bertz CT molecular complexity index is 1240. The van der Waals surface area contributed by atoms with Gasteiger partial charge in [0.2, 0.25) is 11.8 Å². The molecule has 1 heterocycles. The predicted molar refractivity (Wildman–Crippen MR) is 133 cm³/mol. The maximum Gasteiger partial charge on any atom is 0.223 e. The first kappa shape index (κ1) is 25.5. The largest absolute Gasteiger partial charge is 0.359 e. The Balaban J connectivity index is 1.52. The molecule has 4 nitrogen and oxygen atoms in total. The summed E-state index contributed by atoms with van der Waals surface area (Å²) in [5, 5.41) is 2.63. The van der Waals surface area contributed by atoms with Crippen molar-refractivity contribution in [3.63, 3.8) is 0 Å². The molecule has 0 bridgehead atoms. The van der Waals surface area contributed by atoms with E-state index >= 15 is 0 Å². The fourth-order valence-electron chi connectivity index (χ4n) is 5.08. The number of carbonyl (C=O) groups excluding carboxylic acids is 2. The van der Waals surface area contributed by atoms with Gasteiger partial charge >= 0.3 is 0 Å². The van der Waals surface area contributed by atoms with E-state index in [4.69, 9.17) is 0 Å². The number of nitrogens with zero attached hydrogens (tertiary/aromatic N) is 1. The number of halogens is 3. The van der Waals surface area contributed by atoms with Crippen LogP contribution in [0.15, 0.2) is 66.7 Å². The summed E-state index contributed by atoms with van der Waals surface area (Å²) in [5.74, 6) is -1.74. The van der Waals surface area contributed by atoms with Crippen LogP contribution in [0.25, 0.3) is 11.1 Å². The Morgan fingerprint density at radius 1 is 1.00 bits per heavy atom. The monoisotopic (exact) mass is 494 g/mol. The number of piperidine rings is 1. The van der Waals surface area contributed by atoms with Gasteiger partial charge in [0, 0.05) is 43.5 Å². The second-order valence-corrected chi connectivity index (χ2v) is 9.40. The van der Waals surface area contributed by atoms with E-state index in [-0.39, 0.29) is 36.5 Å². The zero-order valence-electron chi connectivity index (χ0n) is 20.4. The number of carbonyl (C=O) groups is 2. The highest BCUT2D eigenvalue weighted by molar-refractivity contribution is 5.80. The van der Waals surface area contributed by atoms with Crippen LogP contribution >= 0.6 is 0 Å². The molecule has 0 aliphatic carbocycles. The van der Waals surface area contributed by atoms with Crippen molar-refractivity contribution >= 4 is 11.8 Å². The molecule has 4 rings (SSSR count). The van der Waals surface area contributed by atoms with Crippen LogP contribution in [0.4, 0.5) is 13.2 Å². The van der Waals surface area contributed by atoms with E-state index in [1.165, 1.54) is 24.3 Å². The van der Waals surface area contributed by atoms with E-state index in [0.29, 0.717) is 30.5 Å². The molecule has 1 saturated heterocycles. The van der Waals surface area contributed by atoms with Gasteiger partial charge in [0.25, 0.3) is 0 Å². The first-order chi connectivity index (χ1) is 17.2. The smallest absolute Gasteiger partial charge is 0.223 e. The Kier molecular flexibility index (Phi) is 7.48. The molecule has 1 aliphatic heterocycles. The highest BCUT2D eigenvalue weighted by atomic mass is 19.1. The van der Waals surface area contributed by atoms with Gasteiger partial charge in [0.1, 0.15) is 17.5 Å². The normalized spacial score (nSPS) is 18.7. The van der Waals surface area contributed by atoms with Crippen molar-refractivity contribution in [2.24, 2.45) is 0 Å². The van der Waals surface area contributed by atoms with Crippen molar-refractivity contribution < 1.29 is 22.8 Å². The molecule has 1 N–H and O–H groups in total. The summed E-state index contributed by atoms with van der Waals surface area (Å²) >= 11 is 0. The standard InChI is InChI=1S/C29H29F3N2O2/c1-19(20-3-5-21(6-4-20)25-12-11-24(31)17-26(25)32)34-16-15-29(18-28(34)36,14-13-27(35)33-2)22-7-9-23(30)10-8-22/h3-12,17,19H,13-16,18H2,1-2H3,(H,33,35)/t19-,29?/m0/s1. The van der Waals surface area contributed by atoms with Crippen molar-refractivity contribution in [3.8, 4) is 11.1 Å². The first-order valence-corrected chi connectivity index (χ1v) is 12.0. The van der Waals surface area contributed by atoms with Crippen LogP contribution in [0.1, 0.15) is 49.8 Å². The number of rotatable bonds is 7. The second kappa shape index (κ2) is 10.6. The van der Waals surface area contributed by atoms with Gasteiger partial charge in [-0.1, -0.05) is 36.4 Å². The van der Waals surface area contributed by atoms with E-state index < -0.39 is 17.0 Å². The van der Waals surface area contributed by atoms with Crippen molar-refractivity contribution in [2.45, 2.75) is 44.1 Å². The van der Waals surface area contributed by atoms with Crippen molar-refractivity contribution in [1.82, 2.24) is 10.2 Å². The van der Waals surface area contributed by atoms with E-state index in [1.54, 1.807) is 31.3 Å². The van der Waals surface area contributed by atoms with Gasteiger partial charge in [0.15, 0.2) is 0 Å². The quantitative estimate of drug-likeness (QED) is 0.443. The summed E-state index contributed by atoms with van der Waals surface area (Å²) < 4.78 is 41.0. The zero-order chi connectivity index (χ0) is 25.9. The SMILES string of the molecule is CNC(=O)CCC1(c2ccc(F)cc2)CCN([C@@H](C)c2ccc(-c3ccc(F)cc3F)cc2)C(=O)C1. The molecule has 3 aromatic carbocycles. The molecular weight excluding hydrogens is 465 g/mol. The van der Waals surface area contributed by atoms with Crippen LogP contribution < -0.4 is 5.32 Å². The fourth-order valence-corrected chi connectivity index (χ4v) is 5.08. The maximum atomic E-state index is 14.2. The van der Waals surface area contributed by atoms with Crippen molar-refractivity contribution in [1.29, 1.82) is 0 Å². The Hall–Kier alpha value is -3.61. The maximum absolute atomic E-state index is 14.2. The molecule has 0 saturated carbocycles. The minimum absolute atomic E-state index is 0.0383. The number of nitrogens with one attached hydrogen (secondary N) is 1. The number of hydrogen-bond donors (Lipinski definition) is 1. The summed E-state index contributed by atoms with van der Waals surface area (Å²) in [4.78, 5) is 27.2. The molecule has 0 aromatic heterocycles. The molecular formula is C29H29F3N2O2. The molecule has 1 aliphatic rings. The molecule has 36 heavy (non-hydrogen) atoms. The number of benzene rings is 3. The lowest BCUT2D eigenvalue weighted by Gasteiger charge is -2.44. The molecule has 1 unspecified atom stereocenters. The van der Waals surface area contributed by atoms with Gasteiger partial charge in [0.05, 0.1) is 6.04 Å². The van der Waals surface area contributed by atoms with Gasteiger partial charge in [-0.15, -0.1) is 0 Å². The first-order valence-electron chi connectivity index (χ1n) is 12.0. The van der Waals surface area contributed by atoms with E-state index in [9.17, 15) is 22.8 Å². The van der Waals surface area contributed by atoms with Crippen LogP contribution in [-0.2, 0) is 15.0 Å². The average Bonchev–Trinajstić information content (AvgIpc) is 2.87. The van der Waals surface area contributed by atoms with Crippen molar-refractivity contribution in [3.05, 3.63) is 95.3 Å². The second-order valence-electron chi connectivity index (χ2n) is 9.40. The van der Waals surface area contributed by atoms with Crippen LogP contribution in [0.2, 0.25) is 0 Å². The van der Waals surface area contributed by atoms with Crippen LogP contribution in [0, 0.1) is 17.5 Å². The predicted octanol–water partition coefficient (Wildman–Crippen LogP) is 5.92. The lowest BCUT2D eigenvalue weighted by Crippen LogP contribution is -2.47. The van der Waals surface area contributed by atoms with Gasteiger partial charge in [-0.05, 0) is 60.7 Å². The zero-order valence-corrected chi connectivity index (χ0v) is 20.4. The minimum Gasteiger partial charge on any atom is -0.359 e. The lowest BCUT2D eigenvalue weighted by atomic mass is 9.69. The Morgan fingerprint density at radius 2 is 1.67 bits per heavy atom. The minimum atomic E-state index is -0.629. The third-order valence-corrected chi connectivity index (χ3v) is 7.31. The third kappa shape index (κ3) is 5.30. The summed E-state index contributed by atoms with van der Waals surface area (Å²) in [6.45, 7) is 2.43.